The Hall–Kier alpha value is -2.50. The van der Waals surface area contributed by atoms with E-state index in [1.54, 1.807) is 6.92 Å². The summed E-state index contributed by atoms with van der Waals surface area (Å²) in [5.41, 5.74) is 2.64. The van der Waals surface area contributed by atoms with E-state index < -0.39 is 5.97 Å². The second kappa shape index (κ2) is 11.6. The topological polar surface area (TPSA) is 49.9 Å². The fourth-order valence-corrected chi connectivity index (χ4v) is 4.09. The zero-order valence-corrected chi connectivity index (χ0v) is 17.8. The van der Waals surface area contributed by atoms with E-state index in [0.717, 1.165) is 39.1 Å². The summed E-state index contributed by atoms with van der Waals surface area (Å²) >= 11 is 0. The van der Waals surface area contributed by atoms with E-state index in [4.69, 9.17) is 4.74 Å². The van der Waals surface area contributed by atoms with Crippen molar-refractivity contribution in [3.05, 3.63) is 71.8 Å². The maximum Gasteiger partial charge on any atom is 0.313 e. The van der Waals surface area contributed by atoms with Gasteiger partial charge in [-0.3, -0.25) is 14.5 Å². The van der Waals surface area contributed by atoms with E-state index in [9.17, 15) is 9.59 Å². The van der Waals surface area contributed by atoms with Crippen LogP contribution in [0.5, 0.6) is 0 Å². The largest absolute Gasteiger partial charge is 0.466 e. The van der Waals surface area contributed by atoms with Gasteiger partial charge in [0.1, 0.15) is 12.2 Å². The number of nitrogens with zero attached hydrogens (tertiary/aromatic N) is 2. The molecule has 30 heavy (non-hydrogen) atoms. The minimum atomic E-state index is -0.413. The van der Waals surface area contributed by atoms with Crippen molar-refractivity contribution in [2.24, 2.45) is 0 Å². The lowest BCUT2D eigenvalue weighted by Crippen LogP contribution is -2.48. The van der Waals surface area contributed by atoms with Crippen molar-refractivity contribution >= 4 is 11.8 Å². The van der Waals surface area contributed by atoms with Gasteiger partial charge in [0.15, 0.2) is 0 Å². The maximum absolute atomic E-state index is 11.9. The smallest absolute Gasteiger partial charge is 0.313 e. The molecule has 0 atom stereocenters. The highest BCUT2D eigenvalue weighted by atomic mass is 16.5. The number of piperazine rings is 1. The lowest BCUT2D eigenvalue weighted by atomic mass is 9.96. The Balaban J connectivity index is 1.50. The molecule has 160 valence electrons. The van der Waals surface area contributed by atoms with Crippen molar-refractivity contribution in [1.82, 2.24) is 9.80 Å². The average molecular weight is 409 g/mol. The van der Waals surface area contributed by atoms with Gasteiger partial charge in [0.25, 0.3) is 0 Å². The lowest BCUT2D eigenvalue weighted by Gasteiger charge is -2.39. The number of ether oxygens (including phenoxy) is 1. The Bertz CT molecular complexity index is 747. The number of esters is 1. The summed E-state index contributed by atoms with van der Waals surface area (Å²) in [6.07, 6.45) is 1.13. The highest BCUT2D eigenvalue weighted by molar-refractivity contribution is 5.95. The second-order valence-corrected chi connectivity index (χ2v) is 7.73. The van der Waals surface area contributed by atoms with Crippen LogP contribution in [0.25, 0.3) is 0 Å². The van der Waals surface area contributed by atoms with Crippen molar-refractivity contribution in [3.8, 4) is 0 Å². The first kappa shape index (κ1) is 22.2. The van der Waals surface area contributed by atoms with Gasteiger partial charge in [-0.2, -0.15) is 0 Å². The van der Waals surface area contributed by atoms with E-state index in [1.165, 1.54) is 11.1 Å². The molecule has 1 saturated heterocycles. The highest BCUT2D eigenvalue weighted by Crippen LogP contribution is 2.29. The van der Waals surface area contributed by atoms with E-state index >= 15 is 0 Å². The maximum atomic E-state index is 11.9. The van der Waals surface area contributed by atoms with Crippen molar-refractivity contribution in [1.29, 1.82) is 0 Å². The minimum Gasteiger partial charge on any atom is -0.466 e. The molecule has 0 spiro atoms. The van der Waals surface area contributed by atoms with Gasteiger partial charge in [0.05, 0.1) is 12.6 Å². The third-order valence-electron chi connectivity index (χ3n) is 5.58. The van der Waals surface area contributed by atoms with Gasteiger partial charge < -0.3 is 9.64 Å². The fraction of sp³-hybridized carbons (Fsp3) is 0.440. The number of hydrogen-bond acceptors (Lipinski definition) is 5. The Kier molecular flexibility index (Phi) is 8.60. The van der Waals surface area contributed by atoms with Crippen LogP contribution >= 0.6 is 0 Å². The van der Waals surface area contributed by atoms with E-state index in [2.05, 4.69) is 70.5 Å². The molecular formula is C25H32N2O3. The van der Waals surface area contributed by atoms with Crippen LogP contribution in [0.3, 0.4) is 0 Å². The molecule has 1 aliphatic heterocycles. The first-order valence-electron chi connectivity index (χ1n) is 10.9. The molecule has 1 fully saturated rings. The number of benzene rings is 2. The summed E-state index contributed by atoms with van der Waals surface area (Å²) in [7, 11) is 0. The minimum absolute atomic E-state index is 0.0275. The summed E-state index contributed by atoms with van der Waals surface area (Å²) in [5.74, 6) is -0.440. The van der Waals surface area contributed by atoms with Crippen LogP contribution < -0.4 is 0 Å². The number of ketones is 1. The van der Waals surface area contributed by atoms with Gasteiger partial charge in [0.2, 0.25) is 0 Å². The van der Waals surface area contributed by atoms with E-state index in [0.29, 0.717) is 13.0 Å². The van der Waals surface area contributed by atoms with Crippen molar-refractivity contribution in [2.45, 2.75) is 32.2 Å². The second-order valence-electron chi connectivity index (χ2n) is 7.73. The molecule has 5 heteroatoms. The predicted molar refractivity (Wildman–Crippen MR) is 118 cm³/mol. The van der Waals surface area contributed by atoms with Gasteiger partial charge in [-0.05, 0) is 31.0 Å². The molecule has 0 aliphatic carbocycles. The zero-order valence-electron chi connectivity index (χ0n) is 17.8. The van der Waals surface area contributed by atoms with Crippen molar-refractivity contribution in [2.75, 3.05) is 39.3 Å². The molecule has 2 aromatic rings. The van der Waals surface area contributed by atoms with Crippen LogP contribution in [0.15, 0.2) is 60.7 Å². The van der Waals surface area contributed by atoms with Crippen molar-refractivity contribution in [3.63, 3.8) is 0 Å². The standard InChI is InChI=1S/C25H32N2O3/c1-2-30-24(29)20-23(28)14-9-15-26-16-18-27(19-17-26)25(21-10-5-3-6-11-21)22-12-7-4-8-13-22/h3-8,10-13,25H,2,9,14-20H2,1H3. The first-order chi connectivity index (χ1) is 14.7. The molecular weight excluding hydrogens is 376 g/mol. The van der Waals surface area contributed by atoms with Crippen LogP contribution in [0.4, 0.5) is 0 Å². The molecule has 1 heterocycles. The highest BCUT2D eigenvalue weighted by Gasteiger charge is 2.26. The first-order valence-corrected chi connectivity index (χ1v) is 10.9. The lowest BCUT2D eigenvalue weighted by molar-refractivity contribution is -0.145. The Morgan fingerprint density at radius 2 is 1.47 bits per heavy atom. The van der Waals surface area contributed by atoms with E-state index in [1.807, 2.05) is 0 Å². The number of rotatable bonds is 10. The molecule has 3 rings (SSSR count). The van der Waals surface area contributed by atoms with Crippen LogP contribution in [0, 0.1) is 0 Å². The molecule has 1 aliphatic rings. The quantitative estimate of drug-likeness (QED) is 0.443. The normalized spacial score (nSPS) is 15.3. The van der Waals surface area contributed by atoms with Gasteiger partial charge in [-0.1, -0.05) is 60.7 Å². The Morgan fingerprint density at radius 3 is 2.00 bits per heavy atom. The molecule has 2 aromatic carbocycles. The van der Waals surface area contributed by atoms with E-state index in [-0.39, 0.29) is 18.2 Å². The van der Waals surface area contributed by atoms with Crippen LogP contribution in [0.2, 0.25) is 0 Å². The summed E-state index contributed by atoms with van der Waals surface area (Å²) in [6.45, 7) is 6.93. The van der Waals surface area contributed by atoms with Crippen molar-refractivity contribution < 1.29 is 14.3 Å². The Morgan fingerprint density at radius 1 is 0.900 bits per heavy atom. The third kappa shape index (κ3) is 6.51. The molecule has 0 amide bonds. The van der Waals surface area contributed by atoms with Gasteiger partial charge >= 0.3 is 5.97 Å². The summed E-state index contributed by atoms with van der Waals surface area (Å²) in [4.78, 5) is 28.3. The van der Waals surface area contributed by atoms with Gasteiger partial charge in [-0.25, -0.2) is 0 Å². The molecule has 5 nitrogen and oxygen atoms in total. The number of Topliss-reactive ketones (excluding diaryl/α,β-unsaturated/α-hetero) is 1. The molecule has 0 saturated carbocycles. The summed E-state index contributed by atoms with van der Waals surface area (Å²) in [5, 5.41) is 0. The Labute approximate surface area is 179 Å². The summed E-state index contributed by atoms with van der Waals surface area (Å²) in [6, 6.07) is 21.6. The molecule has 0 unspecified atom stereocenters. The third-order valence-corrected chi connectivity index (χ3v) is 5.58. The number of hydrogen-bond donors (Lipinski definition) is 0. The SMILES string of the molecule is CCOC(=O)CC(=O)CCCN1CCN(C(c2ccccc2)c2ccccc2)CC1. The molecule has 0 aromatic heterocycles. The fourth-order valence-electron chi connectivity index (χ4n) is 4.09. The zero-order chi connectivity index (χ0) is 21.2. The molecule has 0 bridgehead atoms. The predicted octanol–water partition coefficient (Wildman–Crippen LogP) is 3.70. The van der Waals surface area contributed by atoms with Crippen LogP contribution in [0.1, 0.15) is 43.4 Å². The number of carbonyl (C=O) groups is 2. The molecule has 0 radical (unpaired) electrons. The van der Waals surface area contributed by atoms with Crippen LogP contribution in [-0.2, 0) is 14.3 Å². The monoisotopic (exact) mass is 408 g/mol. The van der Waals surface area contributed by atoms with Gasteiger partial charge in [-0.15, -0.1) is 0 Å². The van der Waals surface area contributed by atoms with Crippen LogP contribution in [-0.4, -0.2) is 60.9 Å². The van der Waals surface area contributed by atoms with Gasteiger partial charge in [0, 0.05) is 32.6 Å². The molecule has 0 N–H and O–H groups in total. The average Bonchev–Trinajstić information content (AvgIpc) is 2.77. The number of carbonyl (C=O) groups excluding carboxylic acids is 2. The summed E-state index contributed by atoms with van der Waals surface area (Å²) < 4.78 is 4.84.